The number of hydrogen-bond acceptors (Lipinski definition) is 4. The van der Waals surface area contributed by atoms with Crippen LogP contribution in [0.2, 0.25) is 0 Å². The van der Waals surface area contributed by atoms with E-state index in [-0.39, 0.29) is 31.3 Å². The fourth-order valence-electron chi connectivity index (χ4n) is 1.22. The molecule has 5 nitrogen and oxygen atoms in total. The maximum absolute atomic E-state index is 11.8. The Hall–Kier alpha value is -0.950. The van der Waals surface area contributed by atoms with Crippen molar-refractivity contribution >= 4 is 10.0 Å². The standard InChI is InChI=1S/C11H17NO4S/c1-10-2-4-11(5-3-10)17(14,15)12-6-8-16-9-7-13/h2-5,12-13H,6-9H2,1H3. The normalized spacial score (nSPS) is 11.6. The van der Waals surface area contributed by atoms with Crippen molar-refractivity contribution in [3.8, 4) is 0 Å². The summed E-state index contributed by atoms with van der Waals surface area (Å²) in [6.07, 6.45) is 0. The van der Waals surface area contributed by atoms with Crippen LogP contribution in [0.15, 0.2) is 29.2 Å². The van der Waals surface area contributed by atoms with E-state index < -0.39 is 10.0 Å². The third kappa shape index (κ3) is 4.82. The van der Waals surface area contributed by atoms with Gasteiger partial charge in [0.15, 0.2) is 0 Å². The van der Waals surface area contributed by atoms with E-state index in [1.807, 2.05) is 6.92 Å². The summed E-state index contributed by atoms with van der Waals surface area (Å²) in [5.41, 5.74) is 1.01. The van der Waals surface area contributed by atoms with Gasteiger partial charge < -0.3 is 9.84 Å². The van der Waals surface area contributed by atoms with Gasteiger partial charge in [-0.1, -0.05) is 17.7 Å². The molecule has 17 heavy (non-hydrogen) atoms. The van der Waals surface area contributed by atoms with Crippen LogP contribution in [0, 0.1) is 6.92 Å². The van der Waals surface area contributed by atoms with Gasteiger partial charge >= 0.3 is 0 Å². The highest BCUT2D eigenvalue weighted by Gasteiger charge is 2.12. The Morgan fingerprint density at radius 2 is 1.88 bits per heavy atom. The van der Waals surface area contributed by atoms with Crippen molar-refractivity contribution in [1.29, 1.82) is 0 Å². The summed E-state index contributed by atoms with van der Waals surface area (Å²) in [5, 5.41) is 8.47. The predicted molar refractivity (Wildman–Crippen MR) is 64.3 cm³/mol. The van der Waals surface area contributed by atoms with E-state index >= 15 is 0 Å². The summed E-state index contributed by atoms with van der Waals surface area (Å²) >= 11 is 0. The highest BCUT2D eigenvalue weighted by molar-refractivity contribution is 7.89. The molecule has 2 N–H and O–H groups in total. The Kier molecular flexibility index (Phi) is 5.57. The molecule has 0 heterocycles. The maximum atomic E-state index is 11.8. The van der Waals surface area contributed by atoms with Crippen molar-refractivity contribution in [3.05, 3.63) is 29.8 Å². The largest absolute Gasteiger partial charge is 0.394 e. The fourth-order valence-corrected chi connectivity index (χ4v) is 2.23. The van der Waals surface area contributed by atoms with Crippen LogP contribution in [0.4, 0.5) is 0 Å². The second kappa shape index (κ2) is 6.70. The van der Waals surface area contributed by atoms with E-state index in [2.05, 4.69) is 4.72 Å². The summed E-state index contributed by atoms with van der Waals surface area (Å²) in [7, 11) is -3.46. The van der Waals surface area contributed by atoms with Crippen LogP contribution in [0.5, 0.6) is 0 Å². The average molecular weight is 259 g/mol. The first-order valence-corrected chi connectivity index (χ1v) is 6.79. The van der Waals surface area contributed by atoms with Gasteiger partial charge in [0.25, 0.3) is 0 Å². The number of rotatable bonds is 7. The molecule has 0 aromatic heterocycles. The molecule has 0 fully saturated rings. The summed E-state index contributed by atoms with van der Waals surface area (Å²) < 4.78 is 30.9. The van der Waals surface area contributed by atoms with E-state index in [1.54, 1.807) is 24.3 Å². The van der Waals surface area contributed by atoms with Crippen molar-refractivity contribution in [2.24, 2.45) is 0 Å². The highest BCUT2D eigenvalue weighted by Crippen LogP contribution is 2.09. The number of benzene rings is 1. The lowest BCUT2D eigenvalue weighted by atomic mass is 10.2. The molecule has 96 valence electrons. The molecule has 6 heteroatoms. The van der Waals surface area contributed by atoms with Gasteiger partial charge in [0, 0.05) is 6.54 Å². The zero-order chi connectivity index (χ0) is 12.7. The molecule has 0 saturated carbocycles. The van der Waals surface area contributed by atoms with Crippen molar-refractivity contribution < 1.29 is 18.3 Å². The SMILES string of the molecule is Cc1ccc(S(=O)(=O)NCCOCCO)cc1. The molecule has 0 atom stereocenters. The molecule has 0 radical (unpaired) electrons. The van der Waals surface area contributed by atoms with Crippen LogP contribution in [-0.2, 0) is 14.8 Å². The third-order valence-corrected chi connectivity index (χ3v) is 3.58. The van der Waals surface area contributed by atoms with E-state index in [1.165, 1.54) is 0 Å². The topological polar surface area (TPSA) is 75.6 Å². The molecule has 1 rings (SSSR count). The molecule has 0 amide bonds. The number of aliphatic hydroxyl groups excluding tert-OH is 1. The number of aryl methyl sites for hydroxylation is 1. The lowest BCUT2D eigenvalue weighted by molar-refractivity contribution is 0.0961. The Morgan fingerprint density at radius 1 is 1.24 bits per heavy atom. The number of sulfonamides is 1. The van der Waals surface area contributed by atoms with Crippen LogP contribution in [-0.4, -0.2) is 39.9 Å². The quantitative estimate of drug-likeness (QED) is 0.690. The number of aliphatic hydroxyl groups is 1. The van der Waals surface area contributed by atoms with E-state index in [0.717, 1.165) is 5.56 Å². The zero-order valence-electron chi connectivity index (χ0n) is 9.72. The number of ether oxygens (including phenoxy) is 1. The van der Waals surface area contributed by atoms with Crippen LogP contribution < -0.4 is 4.72 Å². The first kappa shape index (κ1) is 14.1. The summed E-state index contributed by atoms with van der Waals surface area (Å²) in [4.78, 5) is 0.241. The second-order valence-electron chi connectivity index (χ2n) is 3.55. The lowest BCUT2D eigenvalue weighted by Crippen LogP contribution is -2.27. The van der Waals surface area contributed by atoms with Gasteiger partial charge in [0.1, 0.15) is 0 Å². The van der Waals surface area contributed by atoms with Gasteiger partial charge in [-0.2, -0.15) is 0 Å². The monoisotopic (exact) mass is 259 g/mol. The van der Waals surface area contributed by atoms with Crippen LogP contribution in [0.1, 0.15) is 5.56 Å². The molecular weight excluding hydrogens is 242 g/mol. The highest BCUT2D eigenvalue weighted by atomic mass is 32.2. The minimum Gasteiger partial charge on any atom is -0.394 e. The smallest absolute Gasteiger partial charge is 0.240 e. The molecule has 0 bridgehead atoms. The van der Waals surface area contributed by atoms with Crippen molar-refractivity contribution in [2.45, 2.75) is 11.8 Å². The number of nitrogens with one attached hydrogen (secondary N) is 1. The maximum Gasteiger partial charge on any atom is 0.240 e. The minimum atomic E-state index is -3.46. The summed E-state index contributed by atoms with van der Waals surface area (Å²) in [6, 6.07) is 6.62. The molecule has 0 spiro atoms. The van der Waals surface area contributed by atoms with E-state index in [0.29, 0.717) is 0 Å². The van der Waals surface area contributed by atoms with Gasteiger partial charge in [0.05, 0.1) is 24.7 Å². The molecule has 1 aromatic carbocycles. The first-order valence-electron chi connectivity index (χ1n) is 5.31. The van der Waals surface area contributed by atoms with Gasteiger partial charge in [0.2, 0.25) is 10.0 Å². The summed E-state index contributed by atoms with van der Waals surface area (Å²) in [6.45, 7) is 2.48. The van der Waals surface area contributed by atoms with E-state index in [9.17, 15) is 8.42 Å². The van der Waals surface area contributed by atoms with Gasteiger partial charge in [-0.3, -0.25) is 0 Å². The average Bonchev–Trinajstić information content (AvgIpc) is 2.29. The van der Waals surface area contributed by atoms with Crippen LogP contribution in [0.3, 0.4) is 0 Å². The van der Waals surface area contributed by atoms with Crippen molar-refractivity contribution in [2.75, 3.05) is 26.4 Å². The van der Waals surface area contributed by atoms with Gasteiger partial charge in [-0.25, -0.2) is 13.1 Å². The molecule has 0 saturated heterocycles. The zero-order valence-corrected chi connectivity index (χ0v) is 10.5. The first-order chi connectivity index (χ1) is 8.06. The van der Waals surface area contributed by atoms with Crippen molar-refractivity contribution in [3.63, 3.8) is 0 Å². The Morgan fingerprint density at radius 3 is 2.47 bits per heavy atom. The Bertz CT molecular complexity index is 427. The van der Waals surface area contributed by atoms with Gasteiger partial charge in [-0.15, -0.1) is 0 Å². The van der Waals surface area contributed by atoms with Crippen molar-refractivity contribution in [1.82, 2.24) is 4.72 Å². The molecule has 0 aliphatic heterocycles. The van der Waals surface area contributed by atoms with Gasteiger partial charge in [-0.05, 0) is 19.1 Å². The number of hydrogen-bond donors (Lipinski definition) is 2. The predicted octanol–water partition coefficient (Wildman–Crippen LogP) is 0.282. The summed E-state index contributed by atoms with van der Waals surface area (Å²) in [5.74, 6) is 0. The minimum absolute atomic E-state index is 0.0648. The Balaban J connectivity index is 2.48. The lowest BCUT2D eigenvalue weighted by Gasteiger charge is -2.07. The second-order valence-corrected chi connectivity index (χ2v) is 5.31. The van der Waals surface area contributed by atoms with Crippen LogP contribution in [0.25, 0.3) is 0 Å². The fraction of sp³-hybridized carbons (Fsp3) is 0.455. The third-order valence-electron chi connectivity index (χ3n) is 2.11. The molecule has 1 aromatic rings. The Labute approximate surface area is 101 Å². The van der Waals surface area contributed by atoms with Crippen LogP contribution >= 0.6 is 0 Å². The molecule has 0 aliphatic rings. The molecular formula is C11H17NO4S. The molecule has 0 aliphatic carbocycles. The van der Waals surface area contributed by atoms with E-state index in [4.69, 9.17) is 9.84 Å². The molecule has 0 unspecified atom stereocenters.